The molecule has 0 spiro atoms. The number of aromatic nitrogens is 3. The van der Waals surface area contributed by atoms with Gasteiger partial charge < -0.3 is 9.64 Å². The predicted molar refractivity (Wildman–Crippen MR) is 86.9 cm³/mol. The molecule has 0 atom stereocenters. The van der Waals surface area contributed by atoms with Crippen molar-refractivity contribution in [1.82, 2.24) is 19.9 Å². The number of amides is 1. The first-order valence-electron chi connectivity index (χ1n) is 7.97. The Balaban J connectivity index is 2.00. The number of carbonyl (C=O) groups is 1. The number of ether oxygens (including phenoxy) is 1. The number of hydrogen-bond acceptors (Lipinski definition) is 4. The van der Waals surface area contributed by atoms with E-state index >= 15 is 0 Å². The van der Waals surface area contributed by atoms with Crippen LogP contribution >= 0.6 is 0 Å². The number of nitrogens with zero attached hydrogens (tertiary/aromatic N) is 4. The van der Waals surface area contributed by atoms with Crippen LogP contribution in [0.1, 0.15) is 41.5 Å². The molecule has 3 rings (SSSR count). The number of morpholine rings is 1. The summed E-state index contributed by atoms with van der Waals surface area (Å²) in [5.41, 5.74) is 3.38. The summed E-state index contributed by atoms with van der Waals surface area (Å²) >= 11 is 0. The van der Waals surface area contributed by atoms with E-state index in [1.165, 1.54) is 0 Å². The normalized spacial score (nSPS) is 15.2. The maximum atomic E-state index is 12.8. The van der Waals surface area contributed by atoms with Crippen molar-refractivity contribution in [1.29, 1.82) is 0 Å². The molecular weight excluding hydrogens is 292 g/mol. The van der Waals surface area contributed by atoms with Crippen molar-refractivity contribution < 1.29 is 9.53 Å². The number of benzene rings is 1. The van der Waals surface area contributed by atoms with Crippen molar-refractivity contribution in [3.8, 4) is 5.69 Å². The SMILES string of the molecule is Cc1cccc(-n2nnc(C(=O)N3CCOCC3)c2C(C)C)c1. The van der Waals surface area contributed by atoms with E-state index in [1.807, 2.05) is 31.2 Å². The second-order valence-electron chi connectivity index (χ2n) is 6.13. The van der Waals surface area contributed by atoms with Crippen LogP contribution in [0.25, 0.3) is 5.69 Å². The molecule has 1 aromatic carbocycles. The Kier molecular flexibility index (Phi) is 4.43. The molecule has 1 aliphatic heterocycles. The van der Waals surface area contributed by atoms with Gasteiger partial charge in [0.05, 0.1) is 24.6 Å². The summed E-state index contributed by atoms with van der Waals surface area (Å²) in [6, 6.07) is 8.05. The summed E-state index contributed by atoms with van der Waals surface area (Å²) in [5, 5.41) is 8.45. The van der Waals surface area contributed by atoms with Gasteiger partial charge in [-0.25, -0.2) is 4.68 Å². The third-order valence-electron chi connectivity index (χ3n) is 4.00. The fourth-order valence-corrected chi connectivity index (χ4v) is 2.83. The van der Waals surface area contributed by atoms with Crippen molar-refractivity contribution >= 4 is 5.91 Å². The zero-order chi connectivity index (χ0) is 16.4. The molecule has 1 fully saturated rings. The maximum absolute atomic E-state index is 12.8. The van der Waals surface area contributed by atoms with Crippen molar-refractivity contribution in [3.63, 3.8) is 0 Å². The van der Waals surface area contributed by atoms with Gasteiger partial charge in [-0.3, -0.25) is 4.79 Å². The van der Waals surface area contributed by atoms with E-state index in [9.17, 15) is 4.79 Å². The monoisotopic (exact) mass is 314 g/mol. The van der Waals surface area contributed by atoms with Crippen molar-refractivity contribution in [2.24, 2.45) is 0 Å². The maximum Gasteiger partial charge on any atom is 0.276 e. The topological polar surface area (TPSA) is 60.2 Å². The number of carbonyl (C=O) groups excluding carboxylic acids is 1. The Bertz CT molecular complexity index is 702. The Morgan fingerprint density at radius 2 is 2.00 bits per heavy atom. The highest BCUT2D eigenvalue weighted by atomic mass is 16.5. The average Bonchev–Trinajstić information content (AvgIpc) is 3.00. The first-order valence-corrected chi connectivity index (χ1v) is 7.97. The highest BCUT2D eigenvalue weighted by Crippen LogP contribution is 2.23. The molecule has 0 unspecified atom stereocenters. The minimum atomic E-state index is -0.0593. The van der Waals surface area contributed by atoms with E-state index < -0.39 is 0 Å². The van der Waals surface area contributed by atoms with Gasteiger partial charge in [0.1, 0.15) is 0 Å². The molecule has 1 aromatic heterocycles. The van der Waals surface area contributed by atoms with Gasteiger partial charge in [-0.05, 0) is 30.5 Å². The second-order valence-corrected chi connectivity index (χ2v) is 6.13. The van der Waals surface area contributed by atoms with Crippen LogP contribution < -0.4 is 0 Å². The Hall–Kier alpha value is -2.21. The van der Waals surface area contributed by atoms with Gasteiger partial charge in [0, 0.05) is 13.1 Å². The first-order chi connectivity index (χ1) is 11.1. The largest absolute Gasteiger partial charge is 0.378 e. The predicted octanol–water partition coefficient (Wildman–Crippen LogP) is 2.17. The van der Waals surface area contributed by atoms with Gasteiger partial charge in [-0.2, -0.15) is 0 Å². The van der Waals surface area contributed by atoms with Gasteiger partial charge in [0.2, 0.25) is 0 Å². The quantitative estimate of drug-likeness (QED) is 0.871. The van der Waals surface area contributed by atoms with Crippen LogP contribution in [0.2, 0.25) is 0 Å². The van der Waals surface area contributed by atoms with E-state index in [2.05, 4.69) is 24.2 Å². The summed E-state index contributed by atoms with van der Waals surface area (Å²) in [7, 11) is 0. The minimum Gasteiger partial charge on any atom is -0.378 e. The molecule has 1 aliphatic rings. The number of rotatable bonds is 3. The fraction of sp³-hybridized carbons (Fsp3) is 0.471. The molecule has 1 saturated heterocycles. The van der Waals surface area contributed by atoms with Crippen LogP contribution in [-0.2, 0) is 4.74 Å². The lowest BCUT2D eigenvalue weighted by atomic mass is 10.1. The van der Waals surface area contributed by atoms with E-state index in [0.717, 1.165) is 16.9 Å². The first kappa shape index (κ1) is 15.7. The Morgan fingerprint density at radius 1 is 1.26 bits per heavy atom. The van der Waals surface area contributed by atoms with Crippen molar-refractivity contribution in [2.45, 2.75) is 26.7 Å². The molecule has 6 nitrogen and oxygen atoms in total. The zero-order valence-corrected chi connectivity index (χ0v) is 13.8. The van der Waals surface area contributed by atoms with Gasteiger partial charge in [-0.1, -0.05) is 31.2 Å². The van der Waals surface area contributed by atoms with Crippen LogP contribution in [-0.4, -0.2) is 52.1 Å². The molecule has 0 radical (unpaired) electrons. The molecule has 23 heavy (non-hydrogen) atoms. The van der Waals surface area contributed by atoms with Crippen molar-refractivity contribution in [2.75, 3.05) is 26.3 Å². The van der Waals surface area contributed by atoms with Gasteiger partial charge in [-0.15, -0.1) is 5.10 Å². The van der Waals surface area contributed by atoms with Gasteiger partial charge in [0.25, 0.3) is 5.91 Å². The molecular formula is C17H22N4O2. The summed E-state index contributed by atoms with van der Waals surface area (Å²) < 4.78 is 7.10. The standard InChI is InChI=1S/C17H22N4O2/c1-12(2)16-15(17(22)20-7-9-23-10-8-20)18-19-21(16)14-6-4-5-13(3)11-14/h4-6,11-12H,7-10H2,1-3H3. The number of hydrogen-bond donors (Lipinski definition) is 0. The zero-order valence-electron chi connectivity index (χ0n) is 13.8. The Labute approximate surface area is 136 Å². The van der Waals surface area contributed by atoms with Crippen LogP contribution in [0.15, 0.2) is 24.3 Å². The third kappa shape index (κ3) is 3.12. The number of aryl methyl sites for hydroxylation is 1. The summed E-state index contributed by atoms with van der Waals surface area (Å²) in [6.45, 7) is 8.52. The highest BCUT2D eigenvalue weighted by molar-refractivity contribution is 5.93. The van der Waals surface area contributed by atoms with Crippen LogP contribution in [0.4, 0.5) is 0 Å². The Morgan fingerprint density at radius 3 is 2.65 bits per heavy atom. The molecule has 6 heteroatoms. The molecule has 122 valence electrons. The van der Waals surface area contributed by atoms with E-state index in [0.29, 0.717) is 32.0 Å². The highest BCUT2D eigenvalue weighted by Gasteiger charge is 2.27. The van der Waals surface area contributed by atoms with Crippen LogP contribution in [0.5, 0.6) is 0 Å². The van der Waals surface area contributed by atoms with E-state index in [-0.39, 0.29) is 11.8 Å². The molecule has 2 heterocycles. The van der Waals surface area contributed by atoms with Gasteiger partial charge in [0.15, 0.2) is 5.69 Å². The van der Waals surface area contributed by atoms with Gasteiger partial charge >= 0.3 is 0 Å². The smallest absolute Gasteiger partial charge is 0.276 e. The molecule has 1 amide bonds. The lowest BCUT2D eigenvalue weighted by Gasteiger charge is -2.26. The summed E-state index contributed by atoms with van der Waals surface area (Å²) in [4.78, 5) is 14.6. The summed E-state index contributed by atoms with van der Waals surface area (Å²) in [6.07, 6.45) is 0. The third-order valence-corrected chi connectivity index (χ3v) is 4.00. The molecule has 2 aromatic rings. The molecule has 0 N–H and O–H groups in total. The van der Waals surface area contributed by atoms with Crippen LogP contribution in [0, 0.1) is 6.92 Å². The second kappa shape index (κ2) is 6.50. The average molecular weight is 314 g/mol. The molecule has 0 bridgehead atoms. The lowest BCUT2D eigenvalue weighted by Crippen LogP contribution is -2.41. The molecule has 0 saturated carbocycles. The van der Waals surface area contributed by atoms with Crippen molar-refractivity contribution in [3.05, 3.63) is 41.2 Å². The molecule has 0 aliphatic carbocycles. The van der Waals surface area contributed by atoms with E-state index in [1.54, 1.807) is 9.58 Å². The van der Waals surface area contributed by atoms with Crippen LogP contribution in [0.3, 0.4) is 0 Å². The lowest BCUT2D eigenvalue weighted by molar-refractivity contribution is 0.0298. The minimum absolute atomic E-state index is 0.0593. The van der Waals surface area contributed by atoms with E-state index in [4.69, 9.17) is 4.74 Å². The fourth-order valence-electron chi connectivity index (χ4n) is 2.83. The summed E-state index contributed by atoms with van der Waals surface area (Å²) in [5.74, 6) is 0.0846.